The lowest BCUT2D eigenvalue weighted by atomic mass is 10.0. The van der Waals surface area contributed by atoms with Crippen LogP contribution in [-0.2, 0) is 14.3 Å². The zero-order chi connectivity index (χ0) is 15.0. The topological polar surface area (TPSA) is 81.4 Å². The quantitative estimate of drug-likeness (QED) is 0.741. The van der Waals surface area contributed by atoms with Crippen molar-refractivity contribution in [2.24, 2.45) is 5.73 Å². The predicted octanol–water partition coefficient (Wildman–Crippen LogP) is 1.91. The van der Waals surface area contributed by atoms with E-state index in [1.807, 2.05) is 24.3 Å². The van der Waals surface area contributed by atoms with E-state index in [0.29, 0.717) is 19.4 Å². The van der Waals surface area contributed by atoms with Crippen LogP contribution in [0.3, 0.4) is 0 Å². The molecule has 1 amide bonds. The number of esters is 1. The fourth-order valence-electron chi connectivity index (χ4n) is 1.75. The molecule has 20 heavy (non-hydrogen) atoms. The van der Waals surface area contributed by atoms with Crippen LogP contribution in [0.15, 0.2) is 28.7 Å². The predicted molar refractivity (Wildman–Crippen MR) is 79.9 cm³/mol. The zero-order valence-corrected chi connectivity index (χ0v) is 13.0. The Morgan fingerprint density at radius 3 is 2.80 bits per heavy atom. The van der Waals surface area contributed by atoms with Crippen LogP contribution in [0.4, 0.5) is 0 Å². The monoisotopic (exact) mass is 342 g/mol. The van der Waals surface area contributed by atoms with Gasteiger partial charge in [-0.25, -0.2) is 0 Å². The largest absolute Gasteiger partial charge is 0.469 e. The van der Waals surface area contributed by atoms with Gasteiger partial charge in [0.05, 0.1) is 19.6 Å². The number of carbonyl (C=O) groups is 2. The van der Waals surface area contributed by atoms with Crippen LogP contribution in [0.2, 0.25) is 0 Å². The minimum Gasteiger partial charge on any atom is -0.469 e. The van der Waals surface area contributed by atoms with E-state index < -0.39 is 6.04 Å². The smallest absolute Gasteiger partial charge is 0.307 e. The molecule has 0 saturated heterocycles. The van der Waals surface area contributed by atoms with Gasteiger partial charge < -0.3 is 15.8 Å². The van der Waals surface area contributed by atoms with Crippen molar-refractivity contribution in [2.45, 2.75) is 25.3 Å². The van der Waals surface area contributed by atoms with Crippen molar-refractivity contribution in [1.29, 1.82) is 0 Å². The molecule has 5 nitrogen and oxygen atoms in total. The highest BCUT2D eigenvalue weighted by molar-refractivity contribution is 9.10. The number of carbonyl (C=O) groups excluding carboxylic acids is 2. The summed E-state index contributed by atoms with van der Waals surface area (Å²) in [6.45, 7) is 0.464. The lowest BCUT2D eigenvalue weighted by Gasteiger charge is -2.18. The number of methoxy groups -OCH3 is 1. The van der Waals surface area contributed by atoms with Crippen LogP contribution in [0.1, 0.15) is 30.9 Å². The third-order valence-electron chi connectivity index (χ3n) is 2.79. The maximum atomic E-state index is 11.8. The second kappa shape index (κ2) is 8.71. The summed E-state index contributed by atoms with van der Waals surface area (Å²) in [6, 6.07) is 7.08. The Labute approximate surface area is 127 Å². The molecule has 3 N–H and O–H groups in total. The molecule has 1 rings (SSSR count). The fourth-order valence-corrected chi connectivity index (χ4v) is 2.17. The first-order chi connectivity index (χ1) is 9.56. The molecule has 110 valence electrons. The van der Waals surface area contributed by atoms with Gasteiger partial charge in [-0.05, 0) is 30.7 Å². The van der Waals surface area contributed by atoms with E-state index in [0.717, 1.165) is 10.0 Å². The summed E-state index contributed by atoms with van der Waals surface area (Å²) in [5, 5.41) is 2.84. The standard InChI is InChI=1S/C14H19BrN2O3/c1-20-14(19)9-12(17-13(18)6-3-7-16)10-4-2-5-11(15)8-10/h2,4-5,8,12H,3,6-7,9,16H2,1H3,(H,17,18). The SMILES string of the molecule is COC(=O)CC(NC(=O)CCCN)c1cccc(Br)c1. The molecule has 0 heterocycles. The molecule has 0 radical (unpaired) electrons. The van der Waals surface area contributed by atoms with Crippen molar-refractivity contribution in [3.63, 3.8) is 0 Å². The number of rotatable bonds is 7. The molecule has 0 bridgehead atoms. The average molecular weight is 343 g/mol. The van der Waals surface area contributed by atoms with E-state index in [-0.39, 0.29) is 18.3 Å². The van der Waals surface area contributed by atoms with Crippen LogP contribution >= 0.6 is 15.9 Å². The third kappa shape index (κ3) is 5.71. The summed E-state index contributed by atoms with van der Waals surface area (Å²) in [5.41, 5.74) is 6.23. The molecule has 1 aromatic rings. The minimum atomic E-state index is -0.398. The molecule has 0 aliphatic rings. The van der Waals surface area contributed by atoms with E-state index in [4.69, 9.17) is 5.73 Å². The number of nitrogens with one attached hydrogen (secondary N) is 1. The number of hydrogen-bond acceptors (Lipinski definition) is 4. The van der Waals surface area contributed by atoms with Gasteiger partial charge in [0, 0.05) is 10.9 Å². The van der Waals surface area contributed by atoms with Crippen molar-refractivity contribution >= 4 is 27.8 Å². The number of ether oxygens (including phenoxy) is 1. The van der Waals surface area contributed by atoms with Gasteiger partial charge in [0.15, 0.2) is 0 Å². The molecule has 0 aliphatic heterocycles. The van der Waals surface area contributed by atoms with Crippen LogP contribution in [0.5, 0.6) is 0 Å². The number of amides is 1. The summed E-state index contributed by atoms with van der Waals surface area (Å²) < 4.78 is 5.56. The number of benzene rings is 1. The van der Waals surface area contributed by atoms with E-state index in [2.05, 4.69) is 26.0 Å². The van der Waals surface area contributed by atoms with Gasteiger partial charge in [-0.2, -0.15) is 0 Å². The van der Waals surface area contributed by atoms with Crippen molar-refractivity contribution in [2.75, 3.05) is 13.7 Å². The summed E-state index contributed by atoms with van der Waals surface area (Å²) >= 11 is 3.38. The highest BCUT2D eigenvalue weighted by Crippen LogP contribution is 2.21. The molecule has 6 heteroatoms. The van der Waals surface area contributed by atoms with Crippen molar-refractivity contribution < 1.29 is 14.3 Å². The third-order valence-corrected chi connectivity index (χ3v) is 3.29. The van der Waals surface area contributed by atoms with Crippen LogP contribution < -0.4 is 11.1 Å². The minimum absolute atomic E-state index is 0.0985. The fraction of sp³-hybridized carbons (Fsp3) is 0.429. The first kappa shape index (κ1) is 16.7. The lowest BCUT2D eigenvalue weighted by Crippen LogP contribution is -2.30. The Morgan fingerprint density at radius 1 is 1.45 bits per heavy atom. The summed E-state index contributed by atoms with van der Waals surface area (Å²) in [5.74, 6) is -0.488. The molecular formula is C14H19BrN2O3. The van der Waals surface area contributed by atoms with Gasteiger partial charge >= 0.3 is 5.97 Å². The van der Waals surface area contributed by atoms with Crippen molar-refractivity contribution in [1.82, 2.24) is 5.32 Å². The number of nitrogens with two attached hydrogens (primary N) is 1. The first-order valence-corrected chi connectivity index (χ1v) is 7.17. The van der Waals surface area contributed by atoms with Crippen molar-refractivity contribution in [3.8, 4) is 0 Å². The number of halogens is 1. The highest BCUT2D eigenvalue weighted by Gasteiger charge is 2.18. The molecule has 1 unspecified atom stereocenters. The first-order valence-electron chi connectivity index (χ1n) is 6.38. The molecule has 0 fully saturated rings. The van der Waals surface area contributed by atoms with Gasteiger partial charge in [-0.1, -0.05) is 28.1 Å². The molecule has 1 atom stereocenters. The van der Waals surface area contributed by atoms with Gasteiger partial charge in [0.2, 0.25) is 5.91 Å². The van der Waals surface area contributed by atoms with E-state index in [1.54, 1.807) is 0 Å². The lowest BCUT2D eigenvalue weighted by molar-refractivity contribution is -0.141. The summed E-state index contributed by atoms with van der Waals surface area (Å²) in [6.07, 6.45) is 1.07. The van der Waals surface area contributed by atoms with Crippen LogP contribution in [0, 0.1) is 0 Å². The molecule has 0 spiro atoms. The Hall–Kier alpha value is -1.40. The van der Waals surface area contributed by atoms with Gasteiger partial charge in [-0.3, -0.25) is 9.59 Å². The Bertz CT molecular complexity index is 465. The second-order valence-corrected chi connectivity index (χ2v) is 5.26. The average Bonchev–Trinajstić information content (AvgIpc) is 2.44. The normalized spacial score (nSPS) is 11.8. The Morgan fingerprint density at radius 2 is 2.20 bits per heavy atom. The van der Waals surface area contributed by atoms with Gasteiger partial charge in [-0.15, -0.1) is 0 Å². The molecule has 0 saturated carbocycles. The van der Waals surface area contributed by atoms with Gasteiger partial charge in [0.1, 0.15) is 0 Å². The maximum absolute atomic E-state index is 11.8. The van der Waals surface area contributed by atoms with E-state index in [9.17, 15) is 9.59 Å². The second-order valence-electron chi connectivity index (χ2n) is 4.35. The van der Waals surface area contributed by atoms with Crippen LogP contribution in [-0.4, -0.2) is 25.5 Å². The molecule has 0 aromatic heterocycles. The Balaban J connectivity index is 2.79. The maximum Gasteiger partial charge on any atom is 0.307 e. The molecular weight excluding hydrogens is 324 g/mol. The van der Waals surface area contributed by atoms with E-state index >= 15 is 0 Å². The summed E-state index contributed by atoms with van der Waals surface area (Å²) in [4.78, 5) is 23.3. The molecule has 1 aromatic carbocycles. The highest BCUT2D eigenvalue weighted by atomic mass is 79.9. The summed E-state index contributed by atoms with van der Waals surface area (Å²) in [7, 11) is 1.33. The van der Waals surface area contributed by atoms with E-state index in [1.165, 1.54) is 7.11 Å². The van der Waals surface area contributed by atoms with Crippen LogP contribution in [0.25, 0.3) is 0 Å². The van der Waals surface area contributed by atoms with Gasteiger partial charge in [0.25, 0.3) is 0 Å². The van der Waals surface area contributed by atoms with Crippen molar-refractivity contribution in [3.05, 3.63) is 34.3 Å². The molecule has 0 aliphatic carbocycles. The number of hydrogen-bond donors (Lipinski definition) is 2. The Kier molecular flexibility index (Phi) is 7.25. The zero-order valence-electron chi connectivity index (χ0n) is 11.4.